The zero-order valence-corrected chi connectivity index (χ0v) is 7.95. The summed E-state index contributed by atoms with van der Waals surface area (Å²) < 4.78 is 8.17. The van der Waals surface area contributed by atoms with Crippen molar-refractivity contribution in [3.8, 4) is 0 Å². The zero-order valence-electron chi connectivity index (χ0n) is 1.54. The van der Waals surface area contributed by atoms with Crippen LogP contribution in [0.15, 0.2) is 0 Å². The maximum absolute atomic E-state index is 8.17. The van der Waals surface area contributed by atoms with E-state index in [1.165, 1.54) is 35.5 Å². The molecule has 1 radical (unpaired) electrons. The summed E-state index contributed by atoms with van der Waals surface area (Å²) in [5, 5.41) is 0. The fraction of sp³-hybridized carbons (Fsp3) is 0. The van der Waals surface area contributed by atoms with E-state index < -0.39 is 0 Å². The molecule has 0 aromatic rings. The van der Waals surface area contributed by atoms with Crippen LogP contribution < -0.4 is 0 Å². The third-order valence-electron chi connectivity index (χ3n) is 0. The summed E-state index contributed by atoms with van der Waals surface area (Å²) in [4.78, 5) is 0. The van der Waals surface area contributed by atoms with Crippen LogP contribution in [0.4, 0.5) is 0 Å². The molecule has 0 rings (SSSR count). The fourth-order valence-electron chi connectivity index (χ4n) is 0. The Bertz CT molecular complexity index is 8.00. The van der Waals surface area contributed by atoms with Gasteiger partial charge in [0.05, 0.1) is 0 Å². The van der Waals surface area contributed by atoms with Gasteiger partial charge < -0.3 is 0 Å². The molecule has 0 saturated carbocycles. The predicted octanol–water partition coefficient (Wildman–Crippen LogP) is -0.121. The standard InChI is InChI=1S/Er.O.Y.Yb. The minimum absolute atomic E-state index is 0. The SMILES string of the molecule is [O]=[Er].[Y].[Yb]. The van der Waals surface area contributed by atoms with Gasteiger partial charge in [0.1, 0.15) is 0 Å². The summed E-state index contributed by atoms with van der Waals surface area (Å²) in [6.07, 6.45) is 0. The molecule has 0 N–H and O–H groups in total. The van der Waals surface area contributed by atoms with Gasteiger partial charge in [-0.25, -0.2) is 0 Å². The Hall–Kier alpha value is 3.67. The van der Waals surface area contributed by atoms with Gasteiger partial charge in [0.2, 0.25) is 0 Å². The molecule has 0 unspecified atom stereocenters. The van der Waals surface area contributed by atoms with Gasteiger partial charge in [-0.2, -0.15) is 0 Å². The Labute approximate surface area is 113 Å². The van der Waals surface area contributed by atoms with Crippen molar-refractivity contribution in [1.82, 2.24) is 0 Å². The molecule has 1 nitrogen and oxygen atoms in total. The smallest absolute Gasteiger partial charge is 0 e. The van der Waals surface area contributed by atoms with E-state index in [1.54, 1.807) is 0 Å². The first-order valence-corrected chi connectivity index (χ1v) is 0.874. The molecule has 0 bridgehead atoms. The van der Waals surface area contributed by atoms with Gasteiger partial charge in [0.25, 0.3) is 0 Å². The topological polar surface area (TPSA) is 17.1 Å². The fourth-order valence-corrected chi connectivity index (χ4v) is 0. The van der Waals surface area contributed by atoms with E-state index in [2.05, 4.69) is 0 Å². The van der Waals surface area contributed by atoms with E-state index in [1.807, 2.05) is 0 Å². The van der Waals surface area contributed by atoms with Crippen molar-refractivity contribution in [2.24, 2.45) is 0 Å². The van der Waals surface area contributed by atoms with Gasteiger partial charge in [0, 0.05) is 79.6 Å². The molecule has 0 aliphatic heterocycles. The van der Waals surface area contributed by atoms with Gasteiger partial charge in [-0.05, 0) is 0 Å². The molecule has 0 amide bonds. The number of hydrogen-bond acceptors (Lipinski definition) is 1. The molecule has 0 atom stereocenters. The summed E-state index contributed by atoms with van der Waals surface area (Å²) in [7, 11) is 0. The largest absolute Gasteiger partial charge is 0 e. The van der Waals surface area contributed by atoms with Crippen LogP contribution in [-0.4, -0.2) is 0 Å². The van der Waals surface area contributed by atoms with E-state index in [0.29, 0.717) is 0 Å². The molecule has 0 aromatic heterocycles. The Morgan fingerprint density at radius 2 is 1.25 bits per heavy atom. The minimum atomic E-state index is 0. The molecule has 4 heteroatoms. The monoisotopic (exact) mass is 445 g/mol. The molecule has 0 aromatic carbocycles. The third-order valence-corrected chi connectivity index (χ3v) is 0. The van der Waals surface area contributed by atoms with Crippen molar-refractivity contribution in [3.05, 3.63) is 0 Å². The molecule has 35 valence electrons. The molecule has 0 fully saturated rings. The summed E-state index contributed by atoms with van der Waals surface area (Å²) in [6, 6.07) is 0. The Morgan fingerprint density at radius 3 is 1.25 bits per heavy atom. The second-order valence-corrected chi connectivity index (χ2v) is 0. The van der Waals surface area contributed by atoms with Crippen LogP contribution >= 0.6 is 0 Å². The normalized spacial score (nSPS) is 1.50. The molecular formula is ErOYYb. The molecule has 0 heterocycles. The average Bonchev–Trinajstić information content (AvgIpc) is 1.00. The van der Waals surface area contributed by atoms with Crippen LogP contribution in [0.3, 0.4) is 0 Å². The van der Waals surface area contributed by atoms with E-state index >= 15 is 0 Å². The molecule has 0 saturated heterocycles. The maximum atomic E-state index is 8.17. The summed E-state index contributed by atoms with van der Waals surface area (Å²) in [5.74, 6) is 0. The molecule has 4 heavy (non-hydrogen) atoms. The number of rotatable bonds is 0. The van der Waals surface area contributed by atoms with Gasteiger partial charge >= 0.3 is 36.9 Å². The van der Waals surface area contributed by atoms with Crippen molar-refractivity contribution < 1.29 is 117 Å². The predicted molar refractivity (Wildman–Crippen MR) is 0.686 cm³/mol. The van der Waals surface area contributed by atoms with E-state index in [-0.39, 0.29) is 79.6 Å². The molecule has 0 aliphatic carbocycles. The van der Waals surface area contributed by atoms with Crippen LogP contribution in [0.25, 0.3) is 0 Å². The molecule has 0 spiro atoms. The van der Waals surface area contributed by atoms with Gasteiger partial charge in [0.15, 0.2) is 0 Å². The van der Waals surface area contributed by atoms with Crippen LogP contribution in [0.1, 0.15) is 0 Å². The first-order chi connectivity index (χ1) is 1.00. The first-order valence-electron chi connectivity index (χ1n) is 0.118. The Balaban J connectivity index is -0.00000000500. The Kier molecular flexibility index (Phi) is 62.3. The van der Waals surface area contributed by atoms with Crippen molar-refractivity contribution in [3.63, 3.8) is 0 Å². The molecular weight excluding hydrogens is 445 g/mol. The summed E-state index contributed by atoms with van der Waals surface area (Å²) in [6.45, 7) is 0. The van der Waals surface area contributed by atoms with Crippen LogP contribution in [0.2, 0.25) is 0 Å². The maximum Gasteiger partial charge on any atom is 0 e. The van der Waals surface area contributed by atoms with Crippen LogP contribution in [-0.2, 0) is 34.2 Å². The van der Waals surface area contributed by atoms with Crippen molar-refractivity contribution in [2.45, 2.75) is 0 Å². The van der Waals surface area contributed by atoms with Crippen molar-refractivity contribution in [1.29, 1.82) is 0 Å². The number of hydrogen-bond donors (Lipinski definition) is 0. The van der Waals surface area contributed by atoms with Crippen LogP contribution in [0, 0.1) is 82.4 Å². The van der Waals surface area contributed by atoms with E-state index in [9.17, 15) is 0 Å². The van der Waals surface area contributed by atoms with Crippen molar-refractivity contribution in [2.75, 3.05) is 0 Å². The summed E-state index contributed by atoms with van der Waals surface area (Å²) >= 11 is 1.17. The average molecular weight is 445 g/mol. The second kappa shape index (κ2) is 15.9. The minimum Gasteiger partial charge on any atom is 0 e. The quantitative estimate of drug-likeness (QED) is 0.509. The van der Waals surface area contributed by atoms with Gasteiger partial charge in [-0.3, -0.25) is 0 Å². The van der Waals surface area contributed by atoms with Crippen molar-refractivity contribution >= 4 is 0 Å². The van der Waals surface area contributed by atoms with Crippen LogP contribution in [0.5, 0.6) is 0 Å². The summed E-state index contributed by atoms with van der Waals surface area (Å²) in [5.41, 5.74) is 0. The zero-order chi connectivity index (χ0) is 2.00. The first kappa shape index (κ1) is 15.6. The molecule has 0 aliphatic rings. The third kappa shape index (κ3) is 9.18. The Morgan fingerprint density at radius 1 is 1.25 bits per heavy atom. The second-order valence-electron chi connectivity index (χ2n) is 0. The van der Waals surface area contributed by atoms with E-state index in [4.69, 9.17) is 1.49 Å². The van der Waals surface area contributed by atoms with Gasteiger partial charge in [-0.15, -0.1) is 0 Å². The van der Waals surface area contributed by atoms with E-state index in [0.717, 1.165) is 0 Å². The van der Waals surface area contributed by atoms with Gasteiger partial charge in [-0.1, -0.05) is 0 Å².